The molecule has 1 aromatic carbocycles. The van der Waals surface area contributed by atoms with E-state index >= 15 is 0 Å². The van der Waals surface area contributed by atoms with Gasteiger partial charge in [0.2, 0.25) is 0 Å². The van der Waals surface area contributed by atoms with Gasteiger partial charge >= 0.3 is 0 Å². The van der Waals surface area contributed by atoms with Crippen LogP contribution in [0.15, 0.2) is 24.3 Å². The lowest BCUT2D eigenvalue weighted by atomic mass is 10.1. The van der Waals surface area contributed by atoms with Crippen molar-refractivity contribution in [2.24, 2.45) is 0 Å². The Morgan fingerprint density at radius 1 is 1.25 bits per heavy atom. The molecular weight excluding hydrogens is 253 g/mol. The summed E-state index contributed by atoms with van der Waals surface area (Å²) in [6.07, 6.45) is 0.759. The monoisotopic (exact) mass is 273 g/mol. The summed E-state index contributed by atoms with van der Waals surface area (Å²) in [5, 5.41) is 3.97. The van der Waals surface area contributed by atoms with Crippen LogP contribution in [0.3, 0.4) is 0 Å². The Hall–Kier alpha value is -1.52. The first-order chi connectivity index (χ1) is 9.76. The zero-order valence-corrected chi connectivity index (χ0v) is 11.8. The second-order valence-electron chi connectivity index (χ2n) is 5.33. The van der Waals surface area contributed by atoms with Crippen molar-refractivity contribution in [1.82, 2.24) is 15.2 Å². The Balaban J connectivity index is 1.88. The molecule has 0 saturated carbocycles. The second-order valence-corrected chi connectivity index (χ2v) is 5.33. The topological polar surface area (TPSA) is 28.2 Å². The summed E-state index contributed by atoms with van der Waals surface area (Å²) in [6, 6.07) is 7.50. The molecule has 0 unspecified atom stereocenters. The highest BCUT2D eigenvalue weighted by Gasteiger charge is 2.11. The van der Waals surface area contributed by atoms with Crippen LogP contribution in [-0.2, 0) is 13.0 Å². The molecule has 1 saturated heterocycles. The molecule has 0 aliphatic carbocycles. The molecule has 0 radical (unpaired) electrons. The first kappa shape index (κ1) is 13.5. The van der Waals surface area contributed by atoms with Gasteiger partial charge in [-0.25, -0.2) is 4.39 Å². The van der Waals surface area contributed by atoms with Crippen LogP contribution in [0.2, 0.25) is 0 Å². The maximum Gasteiger partial charge on any atom is 0.134 e. The highest BCUT2D eigenvalue weighted by atomic mass is 19.1. The van der Waals surface area contributed by atoms with Crippen LogP contribution in [-0.4, -0.2) is 36.1 Å². The lowest BCUT2D eigenvalue weighted by molar-refractivity contribution is 0.233. The molecule has 1 fully saturated rings. The number of nitrogens with one attached hydrogen (secondary N) is 1. The molecular formula is C16H20FN3. The number of piperazine rings is 1. The number of aryl methyl sites for hydroxylation is 1. The van der Waals surface area contributed by atoms with Gasteiger partial charge in [0, 0.05) is 43.8 Å². The first-order valence-corrected chi connectivity index (χ1v) is 7.27. The molecule has 1 N–H and O–H groups in total. The van der Waals surface area contributed by atoms with Crippen molar-refractivity contribution in [3.8, 4) is 0 Å². The van der Waals surface area contributed by atoms with E-state index in [1.807, 2.05) is 19.1 Å². The molecule has 2 aromatic rings. The number of hydrogen-bond acceptors (Lipinski definition) is 3. The Bertz CT molecular complexity index is 606. The molecule has 20 heavy (non-hydrogen) atoms. The van der Waals surface area contributed by atoms with Gasteiger partial charge in [0.1, 0.15) is 5.82 Å². The molecule has 0 spiro atoms. The highest BCUT2D eigenvalue weighted by Crippen LogP contribution is 2.20. The maximum atomic E-state index is 14.1. The van der Waals surface area contributed by atoms with Crippen molar-refractivity contribution >= 4 is 10.9 Å². The van der Waals surface area contributed by atoms with E-state index in [1.165, 1.54) is 0 Å². The van der Waals surface area contributed by atoms with Crippen LogP contribution in [0, 0.1) is 5.82 Å². The van der Waals surface area contributed by atoms with Crippen LogP contribution in [0.5, 0.6) is 0 Å². The average molecular weight is 273 g/mol. The predicted molar refractivity (Wildman–Crippen MR) is 79.2 cm³/mol. The molecule has 0 amide bonds. The Morgan fingerprint density at radius 2 is 2.05 bits per heavy atom. The SMILES string of the molecule is CCc1cc(F)c2cc(CN3CCNCC3)ccc2n1. The van der Waals surface area contributed by atoms with Gasteiger partial charge < -0.3 is 5.32 Å². The smallest absolute Gasteiger partial charge is 0.134 e. The van der Waals surface area contributed by atoms with Crippen LogP contribution in [0.4, 0.5) is 4.39 Å². The Kier molecular flexibility index (Phi) is 3.94. The Labute approximate surface area is 118 Å². The largest absolute Gasteiger partial charge is 0.314 e. The summed E-state index contributed by atoms with van der Waals surface area (Å²) < 4.78 is 14.1. The zero-order valence-electron chi connectivity index (χ0n) is 11.8. The fourth-order valence-electron chi connectivity index (χ4n) is 2.69. The lowest BCUT2D eigenvalue weighted by Crippen LogP contribution is -2.42. The van der Waals surface area contributed by atoms with Gasteiger partial charge in [0.05, 0.1) is 5.52 Å². The molecule has 1 aromatic heterocycles. The normalized spacial score (nSPS) is 16.7. The van der Waals surface area contributed by atoms with E-state index in [2.05, 4.69) is 21.3 Å². The van der Waals surface area contributed by atoms with Crippen molar-refractivity contribution in [2.75, 3.05) is 26.2 Å². The van der Waals surface area contributed by atoms with Gasteiger partial charge in [-0.2, -0.15) is 0 Å². The average Bonchev–Trinajstić information content (AvgIpc) is 2.48. The number of aromatic nitrogens is 1. The molecule has 3 nitrogen and oxygen atoms in total. The van der Waals surface area contributed by atoms with Crippen molar-refractivity contribution in [2.45, 2.75) is 19.9 Å². The molecule has 0 bridgehead atoms. The summed E-state index contributed by atoms with van der Waals surface area (Å²) in [5.41, 5.74) is 2.72. The lowest BCUT2D eigenvalue weighted by Gasteiger charge is -2.27. The van der Waals surface area contributed by atoms with Crippen LogP contribution in [0.25, 0.3) is 10.9 Å². The van der Waals surface area contributed by atoms with Crippen LogP contribution in [0.1, 0.15) is 18.2 Å². The third kappa shape index (κ3) is 2.81. The van der Waals surface area contributed by atoms with Crippen molar-refractivity contribution < 1.29 is 4.39 Å². The van der Waals surface area contributed by atoms with E-state index in [-0.39, 0.29) is 5.82 Å². The van der Waals surface area contributed by atoms with E-state index in [9.17, 15) is 4.39 Å². The summed E-state index contributed by atoms with van der Waals surface area (Å²) >= 11 is 0. The van der Waals surface area contributed by atoms with Gasteiger partial charge in [0.25, 0.3) is 0 Å². The quantitative estimate of drug-likeness (QED) is 0.930. The Morgan fingerprint density at radius 3 is 2.80 bits per heavy atom. The van der Waals surface area contributed by atoms with Gasteiger partial charge in [-0.1, -0.05) is 13.0 Å². The van der Waals surface area contributed by atoms with Crippen LogP contribution < -0.4 is 5.32 Å². The third-order valence-corrected chi connectivity index (χ3v) is 3.85. The minimum Gasteiger partial charge on any atom is -0.314 e. The summed E-state index contributed by atoms with van der Waals surface area (Å²) in [6.45, 7) is 7.03. The van der Waals surface area contributed by atoms with Gasteiger partial charge in [-0.15, -0.1) is 0 Å². The minimum atomic E-state index is -0.158. The van der Waals surface area contributed by atoms with Gasteiger partial charge in [0.15, 0.2) is 0 Å². The second kappa shape index (κ2) is 5.85. The van der Waals surface area contributed by atoms with Gasteiger partial charge in [-0.3, -0.25) is 9.88 Å². The third-order valence-electron chi connectivity index (χ3n) is 3.85. The van der Waals surface area contributed by atoms with E-state index in [0.717, 1.165) is 55.9 Å². The van der Waals surface area contributed by atoms with Gasteiger partial charge in [-0.05, 0) is 30.2 Å². The zero-order chi connectivity index (χ0) is 13.9. The molecule has 4 heteroatoms. The number of hydrogen-bond donors (Lipinski definition) is 1. The standard InChI is InChI=1S/C16H20FN3/c1-2-13-10-15(17)14-9-12(3-4-16(14)19-13)11-20-7-5-18-6-8-20/h3-4,9-10,18H,2,5-8,11H2,1H3. The highest BCUT2D eigenvalue weighted by molar-refractivity contribution is 5.80. The number of nitrogens with zero attached hydrogens (tertiary/aromatic N) is 2. The number of benzene rings is 1. The molecule has 1 aliphatic heterocycles. The van der Waals surface area contributed by atoms with Crippen molar-refractivity contribution in [1.29, 1.82) is 0 Å². The molecule has 1 aliphatic rings. The fraction of sp³-hybridized carbons (Fsp3) is 0.438. The first-order valence-electron chi connectivity index (χ1n) is 7.27. The van der Waals surface area contributed by atoms with Crippen molar-refractivity contribution in [3.05, 3.63) is 41.3 Å². The van der Waals surface area contributed by atoms with E-state index < -0.39 is 0 Å². The maximum absolute atomic E-state index is 14.1. The number of rotatable bonds is 3. The molecule has 2 heterocycles. The van der Waals surface area contributed by atoms with E-state index in [4.69, 9.17) is 0 Å². The summed E-state index contributed by atoms with van der Waals surface area (Å²) in [4.78, 5) is 6.87. The molecule has 0 atom stereocenters. The summed E-state index contributed by atoms with van der Waals surface area (Å²) in [5.74, 6) is -0.158. The van der Waals surface area contributed by atoms with E-state index in [0.29, 0.717) is 5.39 Å². The molecule has 106 valence electrons. The predicted octanol–water partition coefficient (Wildman–Crippen LogP) is 2.34. The van der Waals surface area contributed by atoms with E-state index in [1.54, 1.807) is 6.07 Å². The molecule has 3 rings (SSSR count). The number of pyridine rings is 1. The van der Waals surface area contributed by atoms with Crippen molar-refractivity contribution in [3.63, 3.8) is 0 Å². The fourth-order valence-corrected chi connectivity index (χ4v) is 2.69. The minimum absolute atomic E-state index is 0.158. The van der Waals surface area contributed by atoms with Crippen LogP contribution >= 0.6 is 0 Å². The number of fused-ring (bicyclic) bond motifs is 1. The number of halogens is 1. The summed E-state index contributed by atoms with van der Waals surface area (Å²) in [7, 11) is 0.